The van der Waals surface area contributed by atoms with Crippen LogP contribution in [0.2, 0.25) is 0 Å². The van der Waals surface area contributed by atoms with Crippen LogP contribution in [0.25, 0.3) is 28.0 Å². The first-order valence-corrected chi connectivity index (χ1v) is 8.08. The van der Waals surface area contributed by atoms with Crippen LogP contribution in [0.5, 0.6) is 5.75 Å². The zero-order valence-electron chi connectivity index (χ0n) is 14.3. The number of nitrogens with zero attached hydrogens (tertiary/aromatic N) is 4. The summed E-state index contributed by atoms with van der Waals surface area (Å²) in [6.45, 7) is 1.46. The molecule has 0 saturated heterocycles. The average molecular weight is 347 g/mol. The molecule has 3 aromatic heterocycles. The maximum Gasteiger partial charge on any atom is 0.221 e. The van der Waals surface area contributed by atoms with Gasteiger partial charge in [0.15, 0.2) is 5.65 Å². The average Bonchev–Trinajstić information content (AvgIpc) is 3.20. The highest BCUT2D eigenvalue weighted by molar-refractivity contribution is 5.94. The van der Waals surface area contributed by atoms with Crippen LogP contribution in [-0.2, 0) is 11.8 Å². The number of amides is 1. The minimum absolute atomic E-state index is 0.175. The van der Waals surface area contributed by atoms with E-state index in [4.69, 9.17) is 0 Å². The Bertz CT molecular complexity index is 1130. The number of phenolic OH excluding ortho intramolecular Hbond substituents is 1. The van der Waals surface area contributed by atoms with Gasteiger partial charge in [-0.1, -0.05) is 12.1 Å². The van der Waals surface area contributed by atoms with Crippen LogP contribution in [0, 0.1) is 0 Å². The van der Waals surface area contributed by atoms with E-state index in [1.165, 1.54) is 6.92 Å². The molecule has 0 unspecified atom stereocenters. The zero-order chi connectivity index (χ0) is 18.3. The van der Waals surface area contributed by atoms with Gasteiger partial charge in [0.1, 0.15) is 5.75 Å². The number of aromatic nitrogens is 4. The Morgan fingerprint density at radius 3 is 2.65 bits per heavy atom. The maximum atomic E-state index is 11.6. The van der Waals surface area contributed by atoms with E-state index in [9.17, 15) is 9.90 Å². The van der Waals surface area contributed by atoms with Gasteiger partial charge < -0.3 is 10.4 Å². The number of nitrogens with one attached hydrogen (secondary N) is 1. The molecule has 7 nitrogen and oxygen atoms in total. The largest absolute Gasteiger partial charge is 0.508 e. The first kappa shape index (κ1) is 15.9. The van der Waals surface area contributed by atoms with Crippen LogP contribution < -0.4 is 5.32 Å². The fourth-order valence-electron chi connectivity index (χ4n) is 2.98. The Labute approximate surface area is 149 Å². The van der Waals surface area contributed by atoms with Gasteiger partial charge in [-0.25, -0.2) is 4.98 Å². The Kier molecular flexibility index (Phi) is 3.69. The monoisotopic (exact) mass is 347 g/mol. The van der Waals surface area contributed by atoms with E-state index in [1.807, 2.05) is 36.0 Å². The summed E-state index contributed by atoms with van der Waals surface area (Å²) < 4.78 is 3.64. The van der Waals surface area contributed by atoms with Crippen molar-refractivity contribution >= 4 is 17.2 Å². The maximum absolute atomic E-state index is 11.6. The Morgan fingerprint density at radius 1 is 1.12 bits per heavy atom. The highest BCUT2D eigenvalue weighted by Gasteiger charge is 2.14. The van der Waals surface area contributed by atoms with E-state index in [0.717, 1.165) is 22.4 Å². The van der Waals surface area contributed by atoms with E-state index < -0.39 is 0 Å². The second-order valence-corrected chi connectivity index (χ2v) is 6.11. The van der Waals surface area contributed by atoms with Crippen molar-refractivity contribution in [1.29, 1.82) is 0 Å². The molecule has 0 aliphatic heterocycles. The minimum Gasteiger partial charge on any atom is -0.508 e. The van der Waals surface area contributed by atoms with Gasteiger partial charge in [-0.15, -0.1) is 0 Å². The lowest BCUT2D eigenvalue weighted by atomic mass is 10.1. The highest BCUT2D eigenvalue weighted by atomic mass is 16.3. The molecule has 4 aromatic rings. The molecule has 0 aliphatic rings. The predicted molar refractivity (Wildman–Crippen MR) is 98.8 cm³/mol. The number of carbonyl (C=O) groups excluding carboxylic acids is 1. The number of anilines is 1. The standard InChI is InChI=1S/C19H17N5O2/c1-12(25)22-17-7-14(13-4-3-5-16(26)6-13)11-24-18(9-20-19(17)24)15-8-21-23(2)10-15/h3-11,26H,1-2H3,(H,22,25). The molecule has 3 heterocycles. The van der Waals surface area contributed by atoms with Gasteiger partial charge in [-0.3, -0.25) is 13.9 Å². The molecule has 0 spiro atoms. The summed E-state index contributed by atoms with van der Waals surface area (Å²) in [4.78, 5) is 16.1. The highest BCUT2D eigenvalue weighted by Crippen LogP contribution is 2.31. The lowest BCUT2D eigenvalue weighted by Gasteiger charge is -2.10. The van der Waals surface area contributed by atoms with Gasteiger partial charge in [-0.2, -0.15) is 5.10 Å². The summed E-state index contributed by atoms with van der Waals surface area (Å²) in [5, 5.41) is 16.8. The third-order valence-electron chi connectivity index (χ3n) is 4.10. The molecule has 0 radical (unpaired) electrons. The van der Waals surface area contributed by atoms with Gasteiger partial charge in [-0.05, 0) is 23.8 Å². The molecule has 0 atom stereocenters. The molecule has 1 aromatic carbocycles. The molecule has 2 N–H and O–H groups in total. The summed E-state index contributed by atoms with van der Waals surface area (Å²) in [7, 11) is 1.85. The number of aryl methyl sites for hydroxylation is 1. The zero-order valence-corrected chi connectivity index (χ0v) is 14.3. The van der Waals surface area contributed by atoms with Crippen LogP contribution >= 0.6 is 0 Å². The second-order valence-electron chi connectivity index (χ2n) is 6.11. The molecule has 0 bridgehead atoms. The summed E-state index contributed by atoms with van der Waals surface area (Å²) in [5.41, 5.74) is 4.71. The molecular weight excluding hydrogens is 330 g/mol. The number of benzene rings is 1. The smallest absolute Gasteiger partial charge is 0.221 e. The van der Waals surface area contributed by atoms with Crippen LogP contribution in [0.4, 0.5) is 5.69 Å². The first-order chi connectivity index (χ1) is 12.5. The van der Waals surface area contributed by atoms with E-state index in [-0.39, 0.29) is 11.7 Å². The van der Waals surface area contributed by atoms with E-state index in [0.29, 0.717) is 11.3 Å². The molecule has 0 aliphatic carbocycles. The number of pyridine rings is 1. The summed E-state index contributed by atoms with van der Waals surface area (Å²) in [5.74, 6) is 0.00711. The number of hydrogen-bond acceptors (Lipinski definition) is 4. The van der Waals surface area contributed by atoms with Crippen molar-refractivity contribution in [1.82, 2.24) is 19.2 Å². The van der Waals surface area contributed by atoms with E-state index >= 15 is 0 Å². The number of carbonyl (C=O) groups is 1. The van der Waals surface area contributed by atoms with Crippen molar-refractivity contribution in [2.24, 2.45) is 7.05 Å². The van der Waals surface area contributed by atoms with Gasteiger partial charge in [0.25, 0.3) is 0 Å². The molecule has 130 valence electrons. The lowest BCUT2D eigenvalue weighted by molar-refractivity contribution is -0.114. The molecular formula is C19H17N5O2. The summed E-state index contributed by atoms with van der Waals surface area (Å²) in [6, 6.07) is 8.84. The first-order valence-electron chi connectivity index (χ1n) is 8.08. The van der Waals surface area contributed by atoms with E-state index in [1.54, 1.807) is 35.3 Å². The molecule has 4 rings (SSSR count). The number of aromatic hydroxyl groups is 1. The van der Waals surface area contributed by atoms with Crippen LogP contribution in [0.3, 0.4) is 0 Å². The number of phenols is 1. The van der Waals surface area contributed by atoms with Crippen LogP contribution in [0.1, 0.15) is 6.92 Å². The Morgan fingerprint density at radius 2 is 1.96 bits per heavy atom. The SMILES string of the molecule is CC(=O)Nc1cc(-c2cccc(O)c2)cn2c(-c3cnn(C)c3)cnc12. The normalized spacial score (nSPS) is 11.0. The molecule has 0 fully saturated rings. The van der Waals surface area contributed by atoms with Crippen LogP contribution in [0.15, 0.2) is 55.1 Å². The number of imidazole rings is 1. The quantitative estimate of drug-likeness (QED) is 0.596. The topological polar surface area (TPSA) is 84.5 Å². The fraction of sp³-hybridized carbons (Fsp3) is 0.105. The third kappa shape index (κ3) is 2.79. The van der Waals surface area contributed by atoms with Crippen molar-refractivity contribution < 1.29 is 9.90 Å². The Hall–Kier alpha value is -3.61. The van der Waals surface area contributed by atoms with Gasteiger partial charge >= 0.3 is 0 Å². The van der Waals surface area contributed by atoms with Gasteiger partial charge in [0, 0.05) is 37.5 Å². The molecule has 7 heteroatoms. The van der Waals surface area contributed by atoms with Crippen molar-refractivity contribution in [3.8, 4) is 28.1 Å². The number of hydrogen-bond donors (Lipinski definition) is 2. The minimum atomic E-state index is -0.175. The van der Waals surface area contributed by atoms with E-state index in [2.05, 4.69) is 15.4 Å². The van der Waals surface area contributed by atoms with Crippen LogP contribution in [-0.4, -0.2) is 30.2 Å². The number of fused-ring (bicyclic) bond motifs is 1. The fourth-order valence-corrected chi connectivity index (χ4v) is 2.98. The van der Waals surface area contributed by atoms with Gasteiger partial charge in [0.05, 0.1) is 23.8 Å². The lowest BCUT2D eigenvalue weighted by Crippen LogP contribution is -2.08. The Balaban J connectivity index is 1.97. The molecule has 0 saturated carbocycles. The van der Waals surface area contributed by atoms with Crippen molar-refractivity contribution in [3.05, 3.63) is 55.1 Å². The third-order valence-corrected chi connectivity index (χ3v) is 4.10. The predicted octanol–water partition coefficient (Wildman–Crippen LogP) is 3.07. The van der Waals surface area contributed by atoms with Gasteiger partial charge in [0.2, 0.25) is 5.91 Å². The molecule has 26 heavy (non-hydrogen) atoms. The van der Waals surface area contributed by atoms with Crippen molar-refractivity contribution in [2.75, 3.05) is 5.32 Å². The van der Waals surface area contributed by atoms with Crippen molar-refractivity contribution in [3.63, 3.8) is 0 Å². The second kappa shape index (κ2) is 6.03. The van der Waals surface area contributed by atoms with Crippen molar-refractivity contribution in [2.45, 2.75) is 6.92 Å². The molecule has 1 amide bonds. The number of rotatable bonds is 3. The summed E-state index contributed by atoms with van der Waals surface area (Å²) >= 11 is 0. The summed E-state index contributed by atoms with van der Waals surface area (Å²) in [6.07, 6.45) is 7.36.